The van der Waals surface area contributed by atoms with Gasteiger partial charge < -0.3 is 5.32 Å². The predicted octanol–water partition coefficient (Wildman–Crippen LogP) is 4.31. The van der Waals surface area contributed by atoms with Crippen LogP contribution in [0.15, 0.2) is 83.8 Å². The van der Waals surface area contributed by atoms with Gasteiger partial charge in [0.05, 0.1) is 11.4 Å². The summed E-state index contributed by atoms with van der Waals surface area (Å²) in [6.45, 7) is -0.770. The number of nitrogens with one attached hydrogen (secondary N) is 1. The first kappa shape index (κ1) is 21.0. The smallest absolute Gasteiger partial charge is 0.243 e. The molecule has 0 bridgehead atoms. The van der Waals surface area contributed by atoms with Crippen LogP contribution < -0.4 is 5.32 Å². The Hall–Kier alpha value is -2.74. The summed E-state index contributed by atoms with van der Waals surface area (Å²) >= 11 is 5.84. The van der Waals surface area contributed by atoms with Crippen LogP contribution in [-0.2, 0) is 21.4 Å². The molecule has 5 nitrogen and oxygen atoms in total. The fraction of sp³-hybridized carbons (Fsp3) is 0.0952. The Morgan fingerprint density at radius 3 is 2.21 bits per heavy atom. The zero-order valence-electron chi connectivity index (χ0n) is 15.3. The molecule has 150 valence electrons. The number of amides is 1. The van der Waals surface area contributed by atoms with E-state index >= 15 is 0 Å². The van der Waals surface area contributed by atoms with Crippen molar-refractivity contribution in [3.8, 4) is 0 Å². The van der Waals surface area contributed by atoms with Crippen molar-refractivity contribution in [1.29, 1.82) is 0 Å². The molecule has 0 unspecified atom stereocenters. The van der Waals surface area contributed by atoms with Gasteiger partial charge in [0.1, 0.15) is 5.82 Å². The number of carbonyl (C=O) groups is 1. The van der Waals surface area contributed by atoms with E-state index in [2.05, 4.69) is 5.32 Å². The molecule has 8 heteroatoms. The van der Waals surface area contributed by atoms with E-state index in [0.29, 0.717) is 10.7 Å². The van der Waals surface area contributed by atoms with Crippen molar-refractivity contribution >= 4 is 33.2 Å². The van der Waals surface area contributed by atoms with E-state index in [4.69, 9.17) is 11.6 Å². The zero-order chi connectivity index (χ0) is 20.9. The lowest BCUT2D eigenvalue weighted by atomic mass is 10.2. The van der Waals surface area contributed by atoms with Crippen molar-refractivity contribution in [2.45, 2.75) is 11.4 Å². The molecule has 0 aromatic heterocycles. The van der Waals surface area contributed by atoms with E-state index in [9.17, 15) is 17.6 Å². The van der Waals surface area contributed by atoms with Crippen molar-refractivity contribution in [1.82, 2.24) is 4.31 Å². The van der Waals surface area contributed by atoms with Gasteiger partial charge in [-0.2, -0.15) is 4.31 Å². The van der Waals surface area contributed by atoms with Gasteiger partial charge in [-0.1, -0.05) is 48.0 Å². The highest BCUT2D eigenvalue weighted by atomic mass is 35.5. The molecule has 29 heavy (non-hydrogen) atoms. The second-order valence-corrected chi connectivity index (χ2v) is 8.61. The molecule has 1 amide bonds. The Morgan fingerprint density at radius 2 is 1.55 bits per heavy atom. The molecule has 0 fully saturated rings. The van der Waals surface area contributed by atoms with Gasteiger partial charge in [0, 0.05) is 22.8 Å². The van der Waals surface area contributed by atoms with Crippen LogP contribution in [0.4, 0.5) is 10.1 Å². The number of benzene rings is 3. The number of rotatable bonds is 7. The average molecular weight is 433 g/mol. The molecular formula is C21H18ClFN2O3S. The molecule has 1 N–H and O–H groups in total. The zero-order valence-corrected chi connectivity index (χ0v) is 16.8. The summed E-state index contributed by atoms with van der Waals surface area (Å²) in [7, 11) is -4.07. The van der Waals surface area contributed by atoms with Crippen molar-refractivity contribution in [3.05, 3.63) is 95.3 Å². The number of anilines is 1. The summed E-state index contributed by atoms with van der Waals surface area (Å²) < 4.78 is 41.3. The maximum absolute atomic E-state index is 14.1. The maximum Gasteiger partial charge on any atom is 0.243 e. The summed E-state index contributed by atoms with van der Waals surface area (Å²) in [4.78, 5) is 12.5. The molecule has 0 saturated heterocycles. The molecule has 0 aliphatic rings. The van der Waals surface area contributed by atoms with Crippen LogP contribution >= 0.6 is 11.6 Å². The molecule has 3 rings (SSSR count). The third-order valence-corrected chi connectivity index (χ3v) is 6.19. The number of nitrogens with zero attached hydrogens (tertiary/aromatic N) is 1. The molecule has 0 aliphatic carbocycles. The standard InChI is InChI=1S/C21H18ClFN2O3S/c22-17-10-12-19(13-11-17)29(27,28)25(14-16-6-4-5-9-20(16)23)15-21(26)24-18-7-2-1-3-8-18/h1-13H,14-15H2,(H,24,26). The molecule has 0 atom stereocenters. The molecule has 0 aliphatic heterocycles. The van der Waals surface area contributed by atoms with Gasteiger partial charge in [-0.15, -0.1) is 0 Å². The van der Waals surface area contributed by atoms with Gasteiger partial charge in [0.2, 0.25) is 15.9 Å². The van der Waals surface area contributed by atoms with Crippen molar-refractivity contribution in [3.63, 3.8) is 0 Å². The Bertz CT molecular complexity index is 1090. The number of hydrogen-bond acceptors (Lipinski definition) is 3. The van der Waals surface area contributed by atoms with Crippen LogP contribution in [0.5, 0.6) is 0 Å². The van der Waals surface area contributed by atoms with Crippen LogP contribution in [-0.4, -0.2) is 25.2 Å². The lowest BCUT2D eigenvalue weighted by molar-refractivity contribution is -0.116. The van der Waals surface area contributed by atoms with E-state index in [0.717, 1.165) is 4.31 Å². The third-order valence-electron chi connectivity index (χ3n) is 4.13. The quantitative estimate of drug-likeness (QED) is 0.605. The maximum atomic E-state index is 14.1. The summed E-state index contributed by atoms with van der Waals surface area (Å²) in [5, 5.41) is 3.03. The fourth-order valence-corrected chi connectivity index (χ4v) is 4.18. The van der Waals surface area contributed by atoms with E-state index in [1.165, 1.54) is 42.5 Å². The van der Waals surface area contributed by atoms with Gasteiger partial charge >= 0.3 is 0 Å². The van der Waals surface area contributed by atoms with E-state index in [-0.39, 0.29) is 17.0 Å². The van der Waals surface area contributed by atoms with Crippen LogP contribution in [0.3, 0.4) is 0 Å². The normalized spacial score (nSPS) is 11.4. The molecule has 0 spiro atoms. The Morgan fingerprint density at radius 1 is 0.931 bits per heavy atom. The molecule has 0 heterocycles. The number of para-hydroxylation sites is 1. The van der Waals surface area contributed by atoms with Crippen LogP contribution in [0.25, 0.3) is 0 Å². The highest BCUT2D eigenvalue weighted by Gasteiger charge is 2.27. The summed E-state index contributed by atoms with van der Waals surface area (Å²) in [5.41, 5.74) is 0.699. The van der Waals surface area contributed by atoms with E-state index < -0.39 is 28.3 Å². The average Bonchev–Trinajstić information content (AvgIpc) is 2.70. The van der Waals surface area contributed by atoms with Gasteiger partial charge in [-0.25, -0.2) is 12.8 Å². The third kappa shape index (κ3) is 5.41. The summed E-state index contributed by atoms with van der Waals surface area (Å²) in [6, 6.07) is 20.1. The molecule has 3 aromatic rings. The van der Waals surface area contributed by atoms with Crippen molar-refractivity contribution in [2.24, 2.45) is 0 Å². The minimum absolute atomic E-state index is 0.0363. The SMILES string of the molecule is O=C(CN(Cc1ccccc1F)S(=O)(=O)c1ccc(Cl)cc1)Nc1ccccc1. The number of sulfonamides is 1. The topological polar surface area (TPSA) is 66.5 Å². The second kappa shape index (κ2) is 9.17. The van der Waals surface area contributed by atoms with E-state index in [1.807, 2.05) is 0 Å². The number of hydrogen-bond donors (Lipinski definition) is 1. The fourth-order valence-electron chi connectivity index (χ4n) is 2.68. The Labute approximate surface area is 173 Å². The van der Waals surface area contributed by atoms with Gasteiger partial charge in [-0.05, 0) is 42.5 Å². The molecule has 3 aromatic carbocycles. The predicted molar refractivity (Wildman–Crippen MR) is 111 cm³/mol. The first-order chi connectivity index (χ1) is 13.9. The minimum atomic E-state index is -4.07. The number of halogens is 2. The molecular weight excluding hydrogens is 415 g/mol. The van der Waals surface area contributed by atoms with Crippen LogP contribution in [0.1, 0.15) is 5.56 Å². The van der Waals surface area contributed by atoms with Crippen LogP contribution in [0.2, 0.25) is 5.02 Å². The number of carbonyl (C=O) groups excluding carboxylic acids is 1. The highest BCUT2D eigenvalue weighted by Crippen LogP contribution is 2.21. The lowest BCUT2D eigenvalue weighted by Crippen LogP contribution is -2.37. The minimum Gasteiger partial charge on any atom is -0.325 e. The van der Waals surface area contributed by atoms with Gasteiger partial charge in [0.15, 0.2) is 0 Å². The lowest BCUT2D eigenvalue weighted by Gasteiger charge is -2.22. The monoisotopic (exact) mass is 432 g/mol. The van der Waals surface area contributed by atoms with Gasteiger partial charge in [-0.3, -0.25) is 4.79 Å². The molecule has 0 saturated carbocycles. The van der Waals surface area contributed by atoms with Crippen molar-refractivity contribution < 1.29 is 17.6 Å². The second-order valence-electron chi connectivity index (χ2n) is 6.23. The highest BCUT2D eigenvalue weighted by molar-refractivity contribution is 7.89. The first-order valence-electron chi connectivity index (χ1n) is 8.70. The summed E-state index contributed by atoms with van der Waals surface area (Å²) in [6.07, 6.45) is 0. The van der Waals surface area contributed by atoms with Crippen LogP contribution in [0, 0.1) is 5.82 Å². The Balaban J connectivity index is 1.89. The largest absolute Gasteiger partial charge is 0.325 e. The van der Waals surface area contributed by atoms with Gasteiger partial charge in [0.25, 0.3) is 0 Å². The first-order valence-corrected chi connectivity index (χ1v) is 10.5. The molecule has 0 radical (unpaired) electrons. The van der Waals surface area contributed by atoms with E-state index in [1.54, 1.807) is 36.4 Å². The summed E-state index contributed by atoms with van der Waals surface area (Å²) in [5.74, 6) is -1.09. The van der Waals surface area contributed by atoms with Crippen molar-refractivity contribution in [2.75, 3.05) is 11.9 Å². The Kier molecular flexibility index (Phi) is 6.64.